The smallest absolute Gasteiger partial charge is 0.208 e. The van der Waals surface area contributed by atoms with Crippen LogP contribution in [-0.4, -0.2) is 26.1 Å². The van der Waals surface area contributed by atoms with Crippen LogP contribution in [0.4, 0.5) is 0 Å². The molecule has 1 aliphatic rings. The zero-order valence-corrected chi connectivity index (χ0v) is 19.6. The molecular weight excluding hydrogens is 428 g/mol. The van der Waals surface area contributed by atoms with Gasteiger partial charge in [-0.25, -0.2) is 15.0 Å². The van der Waals surface area contributed by atoms with Crippen LogP contribution in [0.1, 0.15) is 83.2 Å². The van der Waals surface area contributed by atoms with Crippen LogP contribution >= 0.6 is 22.9 Å². The van der Waals surface area contributed by atoms with Gasteiger partial charge in [-0.15, -0.1) is 11.3 Å². The molecule has 0 bridgehead atoms. The van der Waals surface area contributed by atoms with Crippen molar-refractivity contribution in [2.75, 3.05) is 6.61 Å². The Hall–Kier alpha value is -1.94. The minimum Gasteiger partial charge on any atom is -0.358 e. The van der Waals surface area contributed by atoms with Crippen molar-refractivity contribution in [1.82, 2.24) is 19.5 Å². The van der Waals surface area contributed by atoms with Crippen LogP contribution < -0.4 is 0 Å². The molecular formula is C24H29ClN4OS. The number of thiophene rings is 1. The predicted octanol–water partition coefficient (Wildman–Crippen LogP) is 7.01. The maximum atomic E-state index is 6.53. The topological polar surface area (TPSA) is 52.8 Å². The lowest BCUT2D eigenvalue weighted by molar-refractivity contribution is -0.0287. The van der Waals surface area contributed by atoms with Gasteiger partial charge in [0.2, 0.25) is 5.82 Å². The molecule has 7 heteroatoms. The first-order valence-electron chi connectivity index (χ1n) is 11.4. The monoisotopic (exact) mass is 456 g/mol. The summed E-state index contributed by atoms with van der Waals surface area (Å²) in [5.74, 6) is 7.64. The number of ether oxygens (including phenoxy) is 1. The van der Waals surface area contributed by atoms with E-state index in [0.29, 0.717) is 22.1 Å². The summed E-state index contributed by atoms with van der Waals surface area (Å²) in [4.78, 5) is 15.0. The van der Waals surface area contributed by atoms with Crippen molar-refractivity contribution in [3.63, 3.8) is 0 Å². The third-order valence-corrected chi connectivity index (χ3v) is 6.67. The van der Waals surface area contributed by atoms with Gasteiger partial charge in [-0.1, -0.05) is 62.6 Å². The van der Waals surface area contributed by atoms with Crippen LogP contribution in [0.15, 0.2) is 17.5 Å². The van der Waals surface area contributed by atoms with Crippen LogP contribution in [0.5, 0.6) is 0 Å². The molecule has 3 aromatic heterocycles. The molecule has 1 unspecified atom stereocenters. The van der Waals surface area contributed by atoms with Gasteiger partial charge >= 0.3 is 0 Å². The second-order valence-electron chi connectivity index (χ2n) is 7.93. The van der Waals surface area contributed by atoms with Crippen LogP contribution in [-0.2, 0) is 4.74 Å². The highest BCUT2D eigenvalue weighted by Crippen LogP contribution is 2.35. The second-order valence-corrected chi connectivity index (χ2v) is 9.24. The molecule has 3 aromatic rings. The minimum absolute atomic E-state index is 0.0919. The van der Waals surface area contributed by atoms with Crippen molar-refractivity contribution in [2.24, 2.45) is 0 Å². The van der Waals surface area contributed by atoms with E-state index in [-0.39, 0.29) is 6.23 Å². The predicted molar refractivity (Wildman–Crippen MR) is 127 cm³/mol. The average Bonchev–Trinajstić information content (AvgIpc) is 3.44. The molecule has 5 nitrogen and oxygen atoms in total. The highest BCUT2D eigenvalue weighted by atomic mass is 35.5. The first kappa shape index (κ1) is 22.3. The molecule has 0 amide bonds. The van der Waals surface area contributed by atoms with E-state index in [1.165, 1.54) is 32.1 Å². The van der Waals surface area contributed by atoms with E-state index in [1.54, 1.807) is 11.3 Å². The molecule has 31 heavy (non-hydrogen) atoms. The minimum atomic E-state index is -0.0919. The molecule has 1 saturated heterocycles. The third kappa shape index (κ3) is 5.46. The van der Waals surface area contributed by atoms with Gasteiger partial charge in [0.05, 0.1) is 4.88 Å². The second kappa shape index (κ2) is 11.1. The van der Waals surface area contributed by atoms with Gasteiger partial charge in [-0.2, -0.15) is 0 Å². The fourth-order valence-corrected chi connectivity index (χ4v) is 4.83. The normalized spacial score (nSPS) is 16.4. The molecule has 1 fully saturated rings. The van der Waals surface area contributed by atoms with Gasteiger partial charge in [0.1, 0.15) is 11.7 Å². The molecule has 4 rings (SSSR count). The van der Waals surface area contributed by atoms with Gasteiger partial charge in [0.25, 0.3) is 0 Å². The lowest BCUT2D eigenvalue weighted by atomic mass is 10.1. The molecule has 0 saturated carbocycles. The number of imidazole rings is 1. The molecule has 0 spiro atoms. The standard InChI is InChI=1S/C24H29ClN4OS/c1-2-3-4-5-6-7-8-9-14-19-26-22(25)21-24(27-19)29(20-15-10-11-16-30-20)23(28-21)18-13-12-17-31-18/h12-13,17,20H,2-8,10-11,15-16H2,1H3. The fourth-order valence-electron chi connectivity index (χ4n) is 3.91. The number of unbranched alkanes of at least 4 members (excludes halogenated alkanes) is 6. The summed E-state index contributed by atoms with van der Waals surface area (Å²) >= 11 is 8.17. The summed E-state index contributed by atoms with van der Waals surface area (Å²) in [5.41, 5.74) is 1.32. The summed E-state index contributed by atoms with van der Waals surface area (Å²) in [6.07, 6.45) is 11.5. The first-order chi connectivity index (χ1) is 15.3. The van der Waals surface area contributed by atoms with E-state index in [1.807, 2.05) is 11.4 Å². The maximum Gasteiger partial charge on any atom is 0.208 e. The Bertz CT molecular complexity index is 1050. The number of nitrogens with zero attached hydrogens (tertiary/aromatic N) is 4. The number of hydrogen-bond acceptors (Lipinski definition) is 5. The van der Waals surface area contributed by atoms with Gasteiger partial charge < -0.3 is 4.74 Å². The summed E-state index contributed by atoms with van der Waals surface area (Å²) in [7, 11) is 0. The molecule has 4 heterocycles. The van der Waals surface area contributed by atoms with E-state index in [9.17, 15) is 0 Å². The van der Waals surface area contributed by atoms with Crippen molar-refractivity contribution < 1.29 is 4.74 Å². The third-order valence-electron chi connectivity index (χ3n) is 5.54. The number of halogens is 1. The van der Waals surface area contributed by atoms with Crippen LogP contribution in [0.2, 0.25) is 5.15 Å². The Kier molecular flexibility index (Phi) is 7.96. The Morgan fingerprint density at radius 1 is 1.16 bits per heavy atom. The molecule has 164 valence electrons. The van der Waals surface area contributed by atoms with E-state index >= 15 is 0 Å². The lowest BCUT2D eigenvalue weighted by Crippen LogP contribution is -2.19. The number of aromatic nitrogens is 4. The van der Waals surface area contributed by atoms with E-state index in [2.05, 4.69) is 34.4 Å². The number of hydrogen-bond donors (Lipinski definition) is 0. The van der Waals surface area contributed by atoms with Crippen molar-refractivity contribution in [3.05, 3.63) is 28.5 Å². The Morgan fingerprint density at radius 2 is 2.03 bits per heavy atom. The van der Waals surface area contributed by atoms with Crippen LogP contribution in [0, 0.1) is 11.8 Å². The zero-order valence-electron chi connectivity index (χ0n) is 18.1. The zero-order chi connectivity index (χ0) is 21.5. The van der Waals surface area contributed by atoms with Crippen molar-refractivity contribution in [2.45, 2.75) is 77.4 Å². The summed E-state index contributed by atoms with van der Waals surface area (Å²) in [6.45, 7) is 2.99. The highest BCUT2D eigenvalue weighted by Gasteiger charge is 2.26. The maximum absolute atomic E-state index is 6.53. The summed E-state index contributed by atoms with van der Waals surface area (Å²) in [5, 5.41) is 2.40. The molecule has 1 atom stereocenters. The SMILES string of the molecule is CCCCCCCCC#Cc1nc(Cl)c2nc(-c3cccs3)n(C3CCCCO3)c2n1. The van der Waals surface area contributed by atoms with Crippen LogP contribution in [0.25, 0.3) is 21.9 Å². The molecule has 0 radical (unpaired) electrons. The Balaban J connectivity index is 1.59. The summed E-state index contributed by atoms with van der Waals surface area (Å²) < 4.78 is 8.18. The first-order valence-corrected chi connectivity index (χ1v) is 12.6. The van der Waals surface area contributed by atoms with E-state index in [4.69, 9.17) is 26.3 Å². The molecule has 1 aliphatic heterocycles. The fraction of sp³-hybridized carbons (Fsp3) is 0.542. The van der Waals surface area contributed by atoms with Crippen molar-refractivity contribution in [3.8, 4) is 22.5 Å². The summed E-state index contributed by atoms with van der Waals surface area (Å²) in [6, 6.07) is 4.09. The van der Waals surface area contributed by atoms with Crippen molar-refractivity contribution >= 4 is 34.1 Å². The Morgan fingerprint density at radius 3 is 2.81 bits per heavy atom. The largest absolute Gasteiger partial charge is 0.358 e. The van der Waals surface area contributed by atoms with Gasteiger partial charge in [-0.05, 0) is 43.1 Å². The van der Waals surface area contributed by atoms with E-state index in [0.717, 1.165) is 49.4 Å². The number of rotatable bonds is 8. The van der Waals surface area contributed by atoms with Crippen molar-refractivity contribution in [1.29, 1.82) is 0 Å². The number of fused-ring (bicyclic) bond motifs is 1. The van der Waals surface area contributed by atoms with Gasteiger partial charge in [-0.3, -0.25) is 4.57 Å². The quantitative estimate of drug-likeness (QED) is 0.208. The van der Waals surface area contributed by atoms with Gasteiger partial charge in [0, 0.05) is 13.0 Å². The van der Waals surface area contributed by atoms with Gasteiger partial charge in [0.15, 0.2) is 16.6 Å². The van der Waals surface area contributed by atoms with Crippen LogP contribution in [0.3, 0.4) is 0 Å². The molecule has 0 N–H and O–H groups in total. The highest BCUT2D eigenvalue weighted by molar-refractivity contribution is 7.13. The van der Waals surface area contributed by atoms with E-state index < -0.39 is 0 Å². The molecule has 0 aliphatic carbocycles. The lowest BCUT2D eigenvalue weighted by Gasteiger charge is -2.25. The Labute approximate surface area is 193 Å². The molecule has 0 aromatic carbocycles. The average molecular weight is 457 g/mol.